The highest BCUT2D eigenvalue weighted by atomic mass is 16.5. The number of methoxy groups -OCH3 is 2. The molecule has 1 amide bonds. The molecule has 1 N–H and O–H groups in total. The monoisotopic (exact) mass is 251 g/mol. The van der Waals surface area contributed by atoms with Crippen molar-refractivity contribution in [1.29, 1.82) is 0 Å². The lowest BCUT2D eigenvalue weighted by Crippen LogP contribution is -2.29. The first-order valence-corrected chi connectivity index (χ1v) is 5.98. The molecule has 0 radical (unpaired) electrons. The minimum absolute atomic E-state index is 0.00257. The van der Waals surface area contributed by atoms with E-state index in [1.165, 1.54) is 0 Å². The van der Waals surface area contributed by atoms with E-state index in [9.17, 15) is 4.79 Å². The van der Waals surface area contributed by atoms with Gasteiger partial charge in [0.1, 0.15) is 0 Å². The zero-order valence-corrected chi connectivity index (χ0v) is 11.7. The summed E-state index contributed by atoms with van der Waals surface area (Å²) in [6.07, 6.45) is 0.784. The summed E-state index contributed by atoms with van der Waals surface area (Å²) in [4.78, 5) is 12.0. The van der Waals surface area contributed by atoms with Crippen molar-refractivity contribution < 1.29 is 14.3 Å². The van der Waals surface area contributed by atoms with Crippen LogP contribution in [0.25, 0.3) is 0 Å². The third kappa shape index (κ3) is 3.15. The average Bonchev–Trinajstić information content (AvgIpc) is 2.38. The van der Waals surface area contributed by atoms with Crippen LogP contribution < -0.4 is 14.8 Å². The molecule has 0 bridgehead atoms. The Kier molecular flexibility index (Phi) is 4.59. The zero-order valence-electron chi connectivity index (χ0n) is 11.7. The van der Waals surface area contributed by atoms with Crippen molar-refractivity contribution in [3.05, 3.63) is 18.2 Å². The summed E-state index contributed by atoms with van der Waals surface area (Å²) in [5.41, 5.74) is 0.326. The van der Waals surface area contributed by atoms with Gasteiger partial charge in [0.25, 0.3) is 0 Å². The van der Waals surface area contributed by atoms with Gasteiger partial charge in [-0.25, -0.2) is 0 Å². The van der Waals surface area contributed by atoms with Gasteiger partial charge in [0.15, 0.2) is 11.5 Å². The molecule has 1 aromatic rings. The zero-order chi connectivity index (χ0) is 13.8. The molecular weight excluding hydrogens is 230 g/mol. The van der Waals surface area contributed by atoms with Crippen molar-refractivity contribution in [2.45, 2.75) is 27.2 Å². The van der Waals surface area contributed by atoms with Crippen molar-refractivity contribution in [3.63, 3.8) is 0 Å². The molecule has 1 rings (SSSR count). The van der Waals surface area contributed by atoms with E-state index in [1.807, 2.05) is 20.8 Å². The largest absolute Gasteiger partial charge is 0.493 e. The molecule has 0 spiro atoms. The Morgan fingerprint density at radius 3 is 2.33 bits per heavy atom. The number of carbonyl (C=O) groups excluding carboxylic acids is 1. The van der Waals surface area contributed by atoms with E-state index < -0.39 is 0 Å². The molecule has 0 unspecified atom stereocenters. The van der Waals surface area contributed by atoms with E-state index in [4.69, 9.17) is 9.47 Å². The van der Waals surface area contributed by atoms with Crippen LogP contribution >= 0.6 is 0 Å². The molecule has 1 aromatic carbocycles. The number of anilines is 1. The van der Waals surface area contributed by atoms with Gasteiger partial charge in [0, 0.05) is 17.2 Å². The van der Waals surface area contributed by atoms with Crippen LogP contribution in [-0.4, -0.2) is 20.1 Å². The highest BCUT2D eigenvalue weighted by Crippen LogP contribution is 2.30. The second-order valence-electron chi connectivity index (χ2n) is 4.76. The van der Waals surface area contributed by atoms with Crippen LogP contribution in [0.15, 0.2) is 18.2 Å². The fraction of sp³-hybridized carbons (Fsp3) is 0.500. The van der Waals surface area contributed by atoms with Crippen LogP contribution in [0, 0.1) is 5.41 Å². The number of ether oxygens (including phenoxy) is 2. The second-order valence-corrected chi connectivity index (χ2v) is 4.76. The molecule has 4 nitrogen and oxygen atoms in total. The van der Waals surface area contributed by atoms with Gasteiger partial charge >= 0.3 is 0 Å². The molecule has 18 heavy (non-hydrogen) atoms. The third-order valence-corrected chi connectivity index (χ3v) is 3.14. The van der Waals surface area contributed by atoms with Crippen molar-refractivity contribution in [2.75, 3.05) is 19.5 Å². The van der Waals surface area contributed by atoms with Gasteiger partial charge in [-0.05, 0) is 18.6 Å². The normalized spacial score (nSPS) is 10.9. The molecule has 100 valence electrons. The van der Waals surface area contributed by atoms with E-state index in [0.29, 0.717) is 17.2 Å². The predicted octanol–water partition coefficient (Wildman–Crippen LogP) is 3.08. The lowest BCUT2D eigenvalue weighted by atomic mass is 9.89. The smallest absolute Gasteiger partial charge is 0.230 e. The maximum Gasteiger partial charge on any atom is 0.230 e. The number of carbonyl (C=O) groups is 1. The Bertz CT molecular complexity index is 427. The van der Waals surface area contributed by atoms with E-state index in [1.54, 1.807) is 32.4 Å². The van der Waals surface area contributed by atoms with E-state index in [-0.39, 0.29) is 11.3 Å². The number of nitrogens with one attached hydrogen (secondary N) is 1. The SMILES string of the molecule is CCC(C)(C)C(=O)Nc1ccc(OC)c(OC)c1. The second kappa shape index (κ2) is 5.76. The summed E-state index contributed by atoms with van der Waals surface area (Å²) in [6.45, 7) is 5.83. The van der Waals surface area contributed by atoms with Gasteiger partial charge in [-0.2, -0.15) is 0 Å². The van der Waals surface area contributed by atoms with Gasteiger partial charge in [-0.1, -0.05) is 20.8 Å². The molecule has 0 aliphatic carbocycles. The predicted molar refractivity (Wildman–Crippen MR) is 72.2 cm³/mol. The summed E-state index contributed by atoms with van der Waals surface area (Å²) in [6, 6.07) is 5.32. The molecule has 0 fully saturated rings. The maximum absolute atomic E-state index is 12.0. The standard InChI is InChI=1S/C14H21NO3/c1-6-14(2,3)13(16)15-10-7-8-11(17-4)12(9-10)18-5/h7-9H,6H2,1-5H3,(H,15,16). The Morgan fingerprint density at radius 1 is 1.22 bits per heavy atom. The number of benzene rings is 1. The molecule has 0 atom stereocenters. The van der Waals surface area contributed by atoms with Crippen LogP contribution in [-0.2, 0) is 4.79 Å². The lowest BCUT2D eigenvalue weighted by molar-refractivity contribution is -0.124. The fourth-order valence-electron chi connectivity index (χ4n) is 1.37. The van der Waals surface area contributed by atoms with E-state index >= 15 is 0 Å². The summed E-state index contributed by atoms with van der Waals surface area (Å²) < 4.78 is 10.3. The van der Waals surface area contributed by atoms with Gasteiger partial charge in [0.05, 0.1) is 14.2 Å². The minimum atomic E-state index is -0.382. The summed E-state index contributed by atoms with van der Waals surface area (Å²) in [5, 5.41) is 2.88. The van der Waals surface area contributed by atoms with Crippen molar-refractivity contribution >= 4 is 11.6 Å². The highest BCUT2D eigenvalue weighted by Gasteiger charge is 2.25. The summed E-state index contributed by atoms with van der Waals surface area (Å²) in [7, 11) is 3.15. The van der Waals surface area contributed by atoms with Crippen LogP contribution in [0.2, 0.25) is 0 Å². The maximum atomic E-state index is 12.0. The molecule has 0 saturated carbocycles. The molecule has 0 saturated heterocycles. The first kappa shape index (κ1) is 14.4. The van der Waals surface area contributed by atoms with Gasteiger partial charge in [-0.3, -0.25) is 4.79 Å². The molecule has 0 aliphatic rings. The number of hydrogen-bond donors (Lipinski definition) is 1. The quantitative estimate of drug-likeness (QED) is 0.874. The number of amides is 1. The molecule has 0 aromatic heterocycles. The molecule has 4 heteroatoms. The molecular formula is C14H21NO3. The van der Waals surface area contributed by atoms with Crippen LogP contribution in [0.5, 0.6) is 11.5 Å². The van der Waals surface area contributed by atoms with Crippen molar-refractivity contribution in [3.8, 4) is 11.5 Å². The Hall–Kier alpha value is -1.71. The van der Waals surface area contributed by atoms with Gasteiger partial charge in [0.2, 0.25) is 5.91 Å². The Morgan fingerprint density at radius 2 is 1.83 bits per heavy atom. The lowest BCUT2D eigenvalue weighted by Gasteiger charge is -2.21. The van der Waals surface area contributed by atoms with Crippen molar-refractivity contribution in [1.82, 2.24) is 0 Å². The average molecular weight is 251 g/mol. The summed E-state index contributed by atoms with van der Waals surface area (Å²) in [5.74, 6) is 1.24. The number of hydrogen-bond acceptors (Lipinski definition) is 3. The van der Waals surface area contributed by atoms with Crippen LogP contribution in [0.1, 0.15) is 27.2 Å². The Balaban J connectivity index is 2.89. The highest BCUT2D eigenvalue weighted by molar-refractivity contribution is 5.95. The van der Waals surface area contributed by atoms with Crippen LogP contribution in [0.4, 0.5) is 5.69 Å². The fourth-order valence-corrected chi connectivity index (χ4v) is 1.37. The van der Waals surface area contributed by atoms with Crippen LogP contribution in [0.3, 0.4) is 0 Å². The first-order chi connectivity index (χ1) is 8.44. The topological polar surface area (TPSA) is 47.6 Å². The molecule has 0 aliphatic heterocycles. The Labute approximate surface area is 108 Å². The first-order valence-electron chi connectivity index (χ1n) is 5.98. The molecule has 0 heterocycles. The van der Waals surface area contributed by atoms with E-state index in [0.717, 1.165) is 6.42 Å². The van der Waals surface area contributed by atoms with Gasteiger partial charge < -0.3 is 14.8 Å². The van der Waals surface area contributed by atoms with Gasteiger partial charge in [-0.15, -0.1) is 0 Å². The summed E-state index contributed by atoms with van der Waals surface area (Å²) >= 11 is 0. The van der Waals surface area contributed by atoms with Crippen molar-refractivity contribution in [2.24, 2.45) is 5.41 Å². The van der Waals surface area contributed by atoms with E-state index in [2.05, 4.69) is 5.32 Å². The third-order valence-electron chi connectivity index (χ3n) is 3.14. The number of rotatable bonds is 5. The minimum Gasteiger partial charge on any atom is -0.493 e.